The number of carbonyl (C=O) groups excluding carboxylic acids is 1. The van der Waals surface area contributed by atoms with Crippen LogP contribution in [0.15, 0.2) is 42.5 Å². The molecule has 20 heavy (non-hydrogen) atoms. The van der Waals surface area contributed by atoms with Crippen molar-refractivity contribution in [2.24, 2.45) is 11.7 Å². The van der Waals surface area contributed by atoms with Crippen molar-refractivity contribution in [2.45, 2.75) is 18.9 Å². The fraction of sp³-hybridized carbons (Fsp3) is 0.438. The molecular formula is C16H22N2O2. The van der Waals surface area contributed by atoms with E-state index in [1.807, 2.05) is 42.5 Å². The van der Waals surface area contributed by atoms with Gasteiger partial charge in [0.15, 0.2) is 0 Å². The second kappa shape index (κ2) is 7.82. The lowest BCUT2D eigenvalue weighted by molar-refractivity contribution is -0.134. The lowest BCUT2D eigenvalue weighted by Gasteiger charge is -2.31. The molecule has 0 aromatic heterocycles. The Morgan fingerprint density at radius 2 is 2.15 bits per heavy atom. The second-order valence-corrected chi connectivity index (χ2v) is 4.90. The van der Waals surface area contributed by atoms with Gasteiger partial charge in [-0.1, -0.05) is 42.5 Å². The first-order valence-electron chi connectivity index (χ1n) is 7.12. The highest BCUT2D eigenvalue weighted by Gasteiger charge is 2.32. The molecule has 1 aliphatic rings. The predicted octanol–water partition coefficient (Wildman–Crippen LogP) is 1.79. The van der Waals surface area contributed by atoms with Crippen LogP contribution in [0.3, 0.4) is 0 Å². The standard InChI is InChI=1S/C16H22N2O2/c17-10-4-5-11-18-16(19)14-9-6-12-20-15(14)13-7-2-1-3-8-13/h1-5,7-8,14-15H,6,9-12,17H2,(H,18,19)/b5-4+. The molecule has 1 aliphatic heterocycles. The number of carbonyl (C=O) groups is 1. The van der Waals surface area contributed by atoms with Crippen LogP contribution in [0.4, 0.5) is 0 Å². The summed E-state index contributed by atoms with van der Waals surface area (Å²) in [4.78, 5) is 12.3. The van der Waals surface area contributed by atoms with E-state index in [2.05, 4.69) is 5.32 Å². The minimum Gasteiger partial charge on any atom is -0.373 e. The van der Waals surface area contributed by atoms with E-state index in [9.17, 15) is 4.79 Å². The zero-order chi connectivity index (χ0) is 14.2. The quantitative estimate of drug-likeness (QED) is 0.805. The lowest BCUT2D eigenvalue weighted by Crippen LogP contribution is -2.37. The first-order valence-corrected chi connectivity index (χ1v) is 7.12. The zero-order valence-corrected chi connectivity index (χ0v) is 11.6. The molecule has 1 aromatic carbocycles. The number of benzene rings is 1. The van der Waals surface area contributed by atoms with E-state index in [1.54, 1.807) is 0 Å². The molecule has 4 heteroatoms. The monoisotopic (exact) mass is 274 g/mol. The van der Waals surface area contributed by atoms with E-state index in [-0.39, 0.29) is 17.9 Å². The van der Waals surface area contributed by atoms with Gasteiger partial charge in [0.1, 0.15) is 0 Å². The highest BCUT2D eigenvalue weighted by Crippen LogP contribution is 2.33. The Morgan fingerprint density at radius 3 is 2.90 bits per heavy atom. The Labute approximate surface area is 120 Å². The molecule has 0 aliphatic carbocycles. The average Bonchev–Trinajstić information content (AvgIpc) is 2.52. The first-order chi connectivity index (χ1) is 9.83. The minimum absolute atomic E-state index is 0.0558. The summed E-state index contributed by atoms with van der Waals surface area (Å²) in [6, 6.07) is 9.96. The molecule has 2 atom stereocenters. The molecule has 1 saturated heterocycles. The van der Waals surface area contributed by atoms with Crippen LogP contribution < -0.4 is 11.1 Å². The Bertz CT molecular complexity index is 445. The van der Waals surface area contributed by atoms with Gasteiger partial charge in [0, 0.05) is 19.7 Å². The normalized spacial score (nSPS) is 22.9. The summed E-state index contributed by atoms with van der Waals surface area (Å²) < 4.78 is 5.83. The SMILES string of the molecule is NC/C=C/CNC(=O)C1CCCOC1c1ccccc1. The van der Waals surface area contributed by atoms with Gasteiger partial charge in [-0.2, -0.15) is 0 Å². The molecule has 1 fully saturated rings. The summed E-state index contributed by atoms with van der Waals surface area (Å²) >= 11 is 0. The number of ether oxygens (including phenoxy) is 1. The summed E-state index contributed by atoms with van der Waals surface area (Å²) in [5.41, 5.74) is 6.44. The van der Waals surface area contributed by atoms with Gasteiger partial charge in [-0.25, -0.2) is 0 Å². The molecule has 0 radical (unpaired) electrons. The predicted molar refractivity (Wildman–Crippen MR) is 79.1 cm³/mol. The summed E-state index contributed by atoms with van der Waals surface area (Å²) in [6.45, 7) is 1.74. The fourth-order valence-corrected chi connectivity index (χ4v) is 2.49. The van der Waals surface area contributed by atoms with E-state index in [1.165, 1.54) is 0 Å². The molecule has 0 bridgehead atoms. The van der Waals surface area contributed by atoms with Crippen molar-refractivity contribution in [2.75, 3.05) is 19.7 Å². The largest absolute Gasteiger partial charge is 0.373 e. The lowest BCUT2D eigenvalue weighted by atomic mass is 9.89. The van der Waals surface area contributed by atoms with Gasteiger partial charge < -0.3 is 15.8 Å². The Balaban J connectivity index is 2.00. The number of rotatable bonds is 5. The van der Waals surface area contributed by atoms with Crippen molar-refractivity contribution in [3.63, 3.8) is 0 Å². The van der Waals surface area contributed by atoms with Gasteiger partial charge in [0.05, 0.1) is 12.0 Å². The maximum atomic E-state index is 12.3. The molecule has 2 rings (SSSR count). The van der Waals surface area contributed by atoms with E-state index >= 15 is 0 Å². The van der Waals surface area contributed by atoms with Crippen molar-refractivity contribution in [1.29, 1.82) is 0 Å². The summed E-state index contributed by atoms with van der Waals surface area (Å²) in [6.07, 6.45) is 5.38. The van der Waals surface area contributed by atoms with Gasteiger partial charge in [0.2, 0.25) is 5.91 Å². The van der Waals surface area contributed by atoms with Crippen molar-refractivity contribution >= 4 is 5.91 Å². The van der Waals surface area contributed by atoms with Crippen LogP contribution in [0.25, 0.3) is 0 Å². The topological polar surface area (TPSA) is 64.3 Å². The number of nitrogens with one attached hydrogen (secondary N) is 1. The van der Waals surface area contributed by atoms with Crippen molar-refractivity contribution in [3.05, 3.63) is 48.0 Å². The second-order valence-electron chi connectivity index (χ2n) is 4.90. The third-order valence-electron chi connectivity index (χ3n) is 3.48. The smallest absolute Gasteiger partial charge is 0.226 e. The average molecular weight is 274 g/mol. The molecule has 0 saturated carbocycles. The van der Waals surface area contributed by atoms with Crippen LogP contribution in [-0.2, 0) is 9.53 Å². The van der Waals surface area contributed by atoms with Gasteiger partial charge in [0.25, 0.3) is 0 Å². The Hall–Kier alpha value is -1.65. The van der Waals surface area contributed by atoms with Gasteiger partial charge in [-0.15, -0.1) is 0 Å². The highest BCUT2D eigenvalue weighted by atomic mass is 16.5. The van der Waals surface area contributed by atoms with Gasteiger partial charge in [-0.05, 0) is 18.4 Å². The summed E-state index contributed by atoms with van der Waals surface area (Å²) in [7, 11) is 0. The van der Waals surface area contributed by atoms with Gasteiger partial charge >= 0.3 is 0 Å². The Kier molecular flexibility index (Phi) is 5.77. The highest BCUT2D eigenvalue weighted by molar-refractivity contribution is 5.79. The van der Waals surface area contributed by atoms with E-state index < -0.39 is 0 Å². The molecule has 1 heterocycles. The van der Waals surface area contributed by atoms with E-state index in [0.717, 1.165) is 25.0 Å². The van der Waals surface area contributed by atoms with E-state index in [4.69, 9.17) is 10.5 Å². The fourth-order valence-electron chi connectivity index (χ4n) is 2.49. The zero-order valence-electron chi connectivity index (χ0n) is 11.6. The van der Waals surface area contributed by atoms with E-state index in [0.29, 0.717) is 13.1 Å². The number of hydrogen-bond acceptors (Lipinski definition) is 3. The number of hydrogen-bond donors (Lipinski definition) is 2. The molecule has 108 valence electrons. The maximum Gasteiger partial charge on any atom is 0.226 e. The molecule has 1 amide bonds. The number of amides is 1. The Morgan fingerprint density at radius 1 is 1.35 bits per heavy atom. The van der Waals surface area contributed by atoms with Crippen LogP contribution in [-0.4, -0.2) is 25.6 Å². The molecule has 2 unspecified atom stereocenters. The first kappa shape index (κ1) is 14.8. The molecule has 3 N–H and O–H groups in total. The molecule has 0 spiro atoms. The van der Waals surface area contributed by atoms with Crippen molar-refractivity contribution in [3.8, 4) is 0 Å². The van der Waals surface area contributed by atoms with Crippen LogP contribution in [0, 0.1) is 5.92 Å². The molecule has 4 nitrogen and oxygen atoms in total. The number of nitrogens with two attached hydrogens (primary N) is 1. The molecule has 1 aromatic rings. The third kappa shape index (κ3) is 3.92. The molecular weight excluding hydrogens is 252 g/mol. The summed E-state index contributed by atoms with van der Waals surface area (Å²) in [5, 5.41) is 2.93. The van der Waals surface area contributed by atoms with Crippen LogP contribution in [0.5, 0.6) is 0 Å². The van der Waals surface area contributed by atoms with Crippen molar-refractivity contribution < 1.29 is 9.53 Å². The summed E-state index contributed by atoms with van der Waals surface area (Å²) in [5.74, 6) is -0.0577. The van der Waals surface area contributed by atoms with Crippen molar-refractivity contribution in [1.82, 2.24) is 5.32 Å². The van der Waals surface area contributed by atoms with Crippen LogP contribution in [0.2, 0.25) is 0 Å². The maximum absolute atomic E-state index is 12.3. The van der Waals surface area contributed by atoms with Gasteiger partial charge in [-0.3, -0.25) is 4.79 Å². The minimum atomic E-state index is -0.136. The van der Waals surface area contributed by atoms with Crippen LogP contribution in [0.1, 0.15) is 24.5 Å². The van der Waals surface area contributed by atoms with Crippen LogP contribution >= 0.6 is 0 Å². The third-order valence-corrected chi connectivity index (χ3v) is 3.48.